The number of carbonyl (C=O) groups is 1. The van der Waals surface area contributed by atoms with E-state index in [2.05, 4.69) is 20.3 Å². The second-order valence-corrected chi connectivity index (χ2v) is 3.33. The van der Waals surface area contributed by atoms with Crippen molar-refractivity contribution in [2.45, 2.75) is 6.43 Å². The molecule has 7 nitrogen and oxygen atoms in total. The first-order valence-electron chi connectivity index (χ1n) is 5.07. The summed E-state index contributed by atoms with van der Waals surface area (Å²) in [5.74, 6) is 4.23. The molecular weight excluding hydrogens is 360 g/mol. The number of nitrogens with zero attached hydrogens (tertiary/aromatic N) is 3. The van der Waals surface area contributed by atoms with E-state index in [1.165, 1.54) is 17.8 Å². The van der Waals surface area contributed by atoms with Crippen molar-refractivity contribution in [1.82, 2.24) is 15.1 Å². The van der Waals surface area contributed by atoms with Gasteiger partial charge in [-0.25, -0.2) is 8.78 Å². The molecule has 0 aliphatic heterocycles. The number of aromatic nitrogens is 2. The maximum Gasteiger partial charge on any atom is 2.00 e. The summed E-state index contributed by atoms with van der Waals surface area (Å²) >= 11 is 0. The van der Waals surface area contributed by atoms with Gasteiger partial charge in [0.15, 0.2) is 6.61 Å². The second-order valence-electron chi connectivity index (χ2n) is 3.33. The molecule has 0 aromatic carbocycles. The van der Waals surface area contributed by atoms with Crippen LogP contribution in [0, 0.1) is 14.0 Å². The molecule has 112 valence electrons. The van der Waals surface area contributed by atoms with Gasteiger partial charge < -0.3 is 23.3 Å². The second kappa shape index (κ2) is 10.7. The Labute approximate surface area is 158 Å². The van der Waals surface area contributed by atoms with E-state index in [-0.39, 0.29) is 70.3 Å². The zero-order valence-electron chi connectivity index (χ0n) is 11.7. The van der Waals surface area contributed by atoms with Crippen LogP contribution in [0.4, 0.5) is 8.78 Å². The van der Waals surface area contributed by atoms with Crippen LogP contribution < -0.4 is 15.9 Å². The smallest absolute Gasteiger partial charge is 0.471 e. The van der Waals surface area contributed by atoms with Gasteiger partial charge >= 0.3 is 45.5 Å². The van der Waals surface area contributed by atoms with E-state index in [1.54, 1.807) is 0 Å². The summed E-state index contributed by atoms with van der Waals surface area (Å²) in [6.45, 7) is 4.35. The number of rotatable bonds is 5. The number of hydrogen-bond acceptors (Lipinski definition) is 5. The van der Waals surface area contributed by atoms with Gasteiger partial charge in [0.05, 0.1) is 0 Å². The molecular formula is C11H15F2N5O2Sr. The van der Waals surface area contributed by atoms with Crippen LogP contribution in [0.1, 0.15) is 10.5 Å². The molecule has 1 amide bonds. The Hall–Kier alpha value is -0.969. The van der Waals surface area contributed by atoms with Gasteiger partial charge in [0, 0.05) is 13.1 Å². The minimum absolute atomic E-state index is 0. The molecule has 1 aromatic rings. The fourth-order valence-electron chi connectivity index (χ4n) is 1.17. The molecule has 0 saturated carbocycles. The van der Waals surface area contributed by atoms with Crippen molar-refractivity contribution < 1.29 is 18.3 Å². The SMILES string of the molecule is [CH-]=C/C(=N\N)NC(=O)c1cc(OCC(F)F)nn1C.[CH3-].[Sr+2]. The van der Waals surface area contributed by atoms with Gasteiger partial charge in [-0.15, -0.1) is 5.10 Å². The molecule has 0 fully saturated rings. The molecule has 1 aromatic heterocycles. The number of hydrazone groups is 1. The maximum absolute atomic E-state index is 12.0. The van der Waals surface area contributed by atoms with Crippen molar-refractivity contribution in [1.29, 1.82) is 0 Å². The van der Waals surface area contributed by atoms with Crippen LogP contribution in [-0.2, 0) is 7.05 Å². The first-order valence-corrected chi connectivity index (χ1v) is 5.07. The fourth-order valence-corrected chi connectivity index (χ4v) is 1.17. The average Bonchev–Trinajstić information content (AvgIpc) is 2.74. The molecule has 0 spiro atoms. The van der Waals surface area contributed by atoms with Gasteiger partial charge in [-0.1, -0.05) is 0 Å². The number of alkyl halides is 2. The molecule has 0 bridgehead atoms. The van der Waals surface area contributed by atoms with Crippen molar-refractivity contribution in [2.75, 3.05) is 6.61 Å². The summed E-state index contributed by atoms with van der Waals surface area (Å²) < 4.78 is 29.8. The molecule has 0 atom stereocenters. The molecule has 1 rings (SSSR count). The van der Waals surface area contributed by atoms with Gasteiger partial charge in [-0.2, -0.15) is 6.08 Å². The molecule has 1 heterocycles. The monoisotopic (exact) mass is 375 g/mol. The van der Waals surface area contributed by atoms with Crippen LogP contribution in [-0.4, -0.2) is 80.0 Å². The Kier molecular flexibility index (Phi) is 11.4. The third kappa shape index (κ3) is 7.02. The molecule has 0 unspecified atom stereocenters. The molecule has 3 N–H and O–H groups in total. The number of halogens is 2. The fraction of sp³-hybridized carbons (Fsp3) is 0.273. The van der Waals surface area contributed by atoms with Crippen molar-refractivity contribution in [2.24, 2.45) is 18.0 Å². The van der Waals surface area contributed by atoms with Crippen LogP contribution in [0.25, 0.3) is 0 Å². The van der Waals surface area contributed by atoms with Gasteiger partial charge in [-0.3, -0.25) is 21.2 Å². The molecule has 21 heavy (non-hydrogen) atoms. The van der Waals surface area contributed by atoms with E-state index in [9.17, 15) is 13.6 Å². The zero-order chi connectivity index (χ0) is 14.4. The quantitative estimate of drug-likeness (QED) is 0.191. The van der Waals surface area contributed by atoms with Crippen LogP contribution in [0.15, 0.2) is 17.2 Å². The number of amides is 1. The summed E-state index contributed by atoms with van der Waals surface area (Å²) in [5.41, 5.74) is 0.0762. The number of carbonyl (C=O) groups excluding carboxylic acids is 1. The first-order chi connectivity index (χ1) is 8.97. The van der Waals surface area contributed by atoms with Gasteiger partial charge in [-0.05, 0) is 5.84 Å². The number of ether oxygens (including phenoxy) is 1. The first kappa shape index (κ1) is 22.3. The van der Waals surface area contributed by atoms with E-state index in [0.717, 1.165) is 6.08 Å². The van der Waals surface area contributed by atoms with E-state index in [1.807, 2.05) is 0 Å². The topological polar surface area (TPSA) is 94.5 Å². The van der Waals surface area contributed by atoms with Gasteiger partial charge in [0.2, 0.25) is 5.88 Å². The van der Waals surface area contributed by atoms with Crippen molar-refractivity contribution in [3.8, 4) is 5.88 Å². The minimum atomic E-state index is -2.62. The molecule has 10 heteroatoms. The van der Waals surface area contributed by atoms with Gasteiger partial charge in [0.1, 0.15) is 5.69 Å². The Morgan fingerprint density at radius 1 is 1.71 bits per heavy atom. The van der Waals surface area contributed by atoms with Crippen molar-refractivity contribution >= 4 is 57.2 Å². The number of hydrogen-bond donors (Lipinski definition) is 2. The number of aryl methyl sites for hydroxylation is 1. The zero-order valence-corrected chi connectivity index (χ0v) is 15.2. The Bertz CT molecular complexity index is 505. The van der Waals surface area contributed by atoms with E-state index >= 15 is 0 Å². The number of nitrogens with one attached hydrogen (secondary N) is 1. The summed E-state index contributed by atoms with van der Waals surface area (Å²) in [6.07, 6.45) is -1.62. The Morgan fingerprint density at radius 2 is 2.33 bits per heavy atom. The van der Waals surface area contributed by atoms with Crippen molar-refractivity contribution in [3.63, 3.8) is 0 Å². The normalized spacial score (nSPS) is 10.4. The van der Waals surface area contributed by atoms with Crippen LogP contribution in [0.3, 0.4) is 0 Å². The van der Waals surface area contributed by atoms with E-state index < -0.39 is 18.9 Å². The predicted molar refractivity (Wildman–Crippen MR) is 74.8 cm³/mol. The minimum Gasteiger partial charge on any atom is -0.471 e. The number of amidine groups is 1. The predicted octanol–water partition coefficient (Wildman–Crippen LogP) is 0.125. The summed E-state index contributed by atoms with van der Waals surface area (Å²) in [6, 6.07) is 1.21. The average molecular weight is 375 g/mol. The van der Waals surface area contributed by atoms with Crippen LogP contribution in [0.5, 0.6) is 5.88 Å². The Morgan fingerprint density at radius 3 is 2.81 bits per heavy atom. The van der Waals surface area contributed by atoms with E-state index in [0.29, 0.717) is 0 Å². The summed E-state index contributed by atoms with van der Waals surface area (Å²) in [5, 5.41) is 9.26. The third-order valence-corrected chi connectivity index (χ3v) is 1.99. The summed E-state index contributed by atoms with van der Waals surface area (Å²) in [4.78, 5) is 11.8. The largest absolute Gasteiger partial charge is 2.00 e. The van der Waals surface area contributed by atoms with Crippen molar-refractivity contribution in [3.05, 3.63) is 31.8 Å². The molecule has 0 saturated heterocycles. The Balaban J connectivity index is 0. The standard InChI is InChI=1S/C10H12F2N5O2.CH3.Sr/c1-3-8(15-13)14-10(18)6-4-9(16-17(6)2)19-5-7(11)12;;/h1,3-4,7H,5,13H2,2H3,(H,14,15,18);1H3;/q2*-1;+2. The van der Waals surface area contributed by atoms with Crippen LogP contribution in [0.2, 0.25) is 0 Å². The summed E-state index contributed by atoms with van der Waals surface area (Å²) in [7, 11) is 1.45. The third-order valence-electron chi connectivity index (χ3n) is 1.99. The molecule has 0 aliphatic carbocycles. The van der Waals surface area contributed by atoms with Crippen LogP contribution >= 0.6 is 0 Å². The molecule has 0 aliphatic rings. The molecule has 0 radical (unpaired) electrons. The number of nitrogens with two attached hydrogens (primary N) is 1. The maximum atomic E-state index is 12.0. The van der Waals surface area contributed by atoms with Gasteiger partial charge in [0.25, 0.3) is 12.3 Å². The van der Waals surface area contributed by atoms with E-state index in [4.69, 9.17) is 12.4 Å².